The van der Waals surface area contributed by atoms with Crippen LogP contribution < -0.4 is 0 Å². The van der Waals surface area contributed by atoms with Crippen LogP contribution in [0.2, 0.25) is 0 Å². The maximum absolute atomic E-state index is 12.2. The van der Waals surface area contributed by atoms with Gasteiger partial charge in [0.1, 0.15) is 6.10 Å². The highest BCUT2D eigenvalue weighted by Gasteiger charge is 2.13. The lowest BCUT2D eigenvalue weighted by Gasteiger charge is -2.16. The first kappa shape index (κ1) is 55.6. The number of carbonyl (C=O) groups is 1. The molecule has 0 saturated carbocycles. The normalized spacial score (nSPS) is 12.5. The summed E-state index contributed by atoms with van der Waals surface area (Å²) in [6.45, 7) is 5.35. The molecule has 0 fully saturated rings. The monoisotopic (exact) mass is 801 g/mol. The molecule has 0 saturated heterocycles. The summed E-state index contributed by atoms with van der Waals surface area (Å²) in [6.07, 6.45) is 65.3. The third kappa shape index (κ3) is 48.9. The number of hydrogen-bond acceptors (Lipinski definition) is 4. The van der Waals surface area contributed by atoms with Crippen molar-refractivity contribution in [1.82, 2.24) is 0 Å². The second-order valence-corrected chi connectivity index (χ2v) is 17.2. The second-order valence-electron chi connectivity index (χ2n) is 17.2. The van der Waals surface area contributed by atoms with Crippen LogP contribution in [-0.4, -0.2) is 37.0 Å². The van der Waals surface area contributed by atoms with E-state index in [-0.39, 0.29) is 12.6 Å². The fourth-order valence-corrected chi connectivity index (χ4v) is 7.63. The van der Waals surface area contributed by atoms with Crippen molar-refractivity contribution < 1.29 is 19.4 Å². The lowest BCUT2D eigenvalue weighted by atomic mass is 10.0. The van der Waals surface area contributed by atoms with Crippen molar-refractivity contribution in [3.63, 3.8) is 0 Å². The Hall–Kier alpha value is -1.39. The molecule has 336 valence electrons. The van der Waals surface area contributed by atoms with Crippen LogP contribution in [0.5, 0.6) is 0 Å². The molecular weight excluding hydrogens is 701 g/mol. The Balaban J connectivity index is 3.37. The molecule has 0 aromatic rings. The van der Waals surface area contributed by atoms with Gasteiger partial charge in [-0.1, -0.05) is 249 Å². The summed E-state index contributed by atoms with van der Waals surface area (Å²) in [5, 5.41) is 9.64. The van der Waals surface area contributed by atoms with Crippen molar-refractivity contribution in [2.45, 2.75) is 277 Å². The van der Waals surface area contributed by atoms with Gasteiger partial charge in [-0.2, -0.15) is 0 Å². The van der Waals surface area contributed by atoms with E-state index in [1.807, 2.05) is 0 Å². The molecule has 4 nitrogen and oxygen atoms in total. The Morgan fingerprint density at radius 2 is 0.737 bits per heavy atom. The van der Waals surface area contributed by atoms with Crippen LogP contribution in [0.3, 0.4) is 0 Å². The Labute approximate surface area is 357 Å². The van der Waals surface area contributed by atoms with E-state index in [9.17, 15) is 9.90 Å². The molecule has 1 atom stereocenters. The first-order chi connectivity index (χ1) is 28.2. The molecule has 1 unspecified atom stereocenters. The Bertz CT molecular complexity index is 848. The number of ether oxygens (including phenoxy) is 2. The maximum Gasteiger partial charge on any atom is 0.306 e. The van der Waals surface area contributed by atoms with E-state index in [1.54, 1.807) is 0 Å². The summed E-state index contributed by atoms with van der Waals surface area (Å²) in [5.41, 5.74) is 0. The standard InChI is InChI=1S/C53H100O4/c1-3-5-7-9-11-13-15-17-19-21-23-24-25-26-27-28-29-31-33-35-37-39-41-43-45-47-49-56-51-52(50-54)57-53(55)48-46-44-42-40-38-36-34-32-30-22-20-18-16-14-12-10-8-6-4-2/h12,14,18,20,30,32,52,54H,3-11,13,15-17,19,21-29,31,33-51H2,1-2H3/b14-12-,20-18-,32-30-. The van der Waals surface area contributed by atoms with E-state index in [2.05, 4.69) is 50.3 Å². The molecule has 0 aliphatic rings. The zero-order valence-corrected chi connectivity index (χ0v) is 38.6. The van der Waals surface area contributed by atoms with E-state index < -0.39 is 6.10 Å². The van der Waals surface area contributed by atoms with E-state index >= 15 is 0 Å². The highest BCUT2D eigenvalue weighted by Crippen LogP contribution is 2.16. The molecule has 0 radical (unpaired) electrons. The van der Waals surface area contributed by atoms with Gasteiger partial charge < -0.3 is 14.6 Å². The van der Waals surface area contributed by atoms with E-state index in [4.69, 9.17) is 9.47 Å². The fraction of sp³-hybridized carbons (Fsp3) is 0.868. The Morgan fingerprint density at radius 1 is 0.421 bits per heavy atom. The number of unbranched alkanes of at least 4 members (excludes halogenated alkanes) is 34. The average molecular weight is 801 g/mol. The van der Waals surface area contributed by atoms with Crippen LogP contribution in [0.25, 0.3) is 0 Å². The molecule has 0 amide bonds. The van der Waals surface area contributed by atoms with Gasteiger partial charge in [0.25, 0.3) is 0 Å². The van der Waals surface area contributed by atoms with E-state index in [0.717, 1.165) is 44.9 Å². The van der Waals surface area contributed by atoms with Crippen LogP contribution in [0, 0.1) is 0 Å². The minimum absolute atomic E-state index is 0.174. The summed E-state index contributed by atoms with van der Waals surface area (Å²) in [5.74, 6) is -0.208. The number of aliphatic hydroxyl groups is 1. The molecule has 0 aromatic heterocycles. The highest BCUT2D eigenvalue weighted by atomic mass is 16.6. The van der Waals surface area contributed by atoms with Crippen molar-refractivity contribution in [1.29, 1.82) is 0 Å². The number of aliphatic hydroxyl groups excluding tert-OH is 1. The Kier molecular flexibility index (Phi) is 49.5. The van der Waals surface area contributed by atoms with Gasteiger partial charge in [0.05, 0.1) is 13.2 Å². The maximum atomic E-state index is 12.2. The number of hydrogen-bond donors (Lipinski definition) is 1. The molecule has 1 N–H and O–H groups in total. The predicted molar refractivity (Wildman–Crippen MR) is 251 cm³/mol. The minimum Gasteiger partial charge on any atom is -0.457 e. The van der Waals surface area contributed by atoms with Crippen LogP contribution in [0.15, 0.2) is 36.5 Å². The lowest BCUT2D eigenvalue weighted by molar-refractivity contribution is -0.154. The lowest BCUT2D eigenvalue weighted by Crippen LogP contribution is -2.27. The van der Waals surface area contributed by atoms with Gasteiger partial charge in [-0.3, -0.25) is 4.79 Å². The molecule has 4 heteroatoms. The molecule has 0 aromatic carbocycles. The average Bonchev–Trinajstić information content (AvgIpc) is 3.22. The summed E-state index contributed by atoms with van der Waals surface area (Å²) in [7, 11) is 0. The summed E-state index contributed by atoms with van der Waals surface area (Å²) < 4.78 is 11.2. The molecule has 0 aliphatic carbocycles. The molecule has 0 aliphatic heterocycles. The number of allylic oxidation sites excluding steroid dienone is 6. The fourth-order valence-electron chi connectivity index (χ4n) is 7.63. The summed E-state index contributed by atoms with van der Waals surface area (Å²) in [4.78, 5) is 12.2. The van der Waals surface area contributed by atoms with Crippen LogP contribution in [0.4, 0.5) is 0 Å². The smallest absolute Gasteiger partial charge is 0.306 e. The van der Waals surface area contributed by atoms with Crippen LogP contribution in [-0.2, 0) is 14.3 Å². The van der Waals surface area contributed by atoms with Gasteiger partial charge in [0.15, 0.2) is 0 Å². The number of esters is 1. The second kappa shape index (κ2) is 50.8. The Morgan fingerprint density at radius 3 is 1.14 bits per heavy atom. The van der Waals surface area contributed by atoms with Gasteiger partial charge in [0.2, 0.25) is 0 Å². The van der Waals surface area contributed by atoms with Gasteiger partial charge in [0, 0.05) is 13.0 Å². The number of carbonyl (C=O) groups excluding carboxylic acids is 1. The predicted octanol–water partition coefficient (Wildman–Crippen LogP) is 17.2. The zero-order chi connectivity index (χ0) is 41.2. The third-order valence-electron chi connectivity index (χ3n) is 11.5. The molecule has 0 rings (SSSR count). The van der Waals surface area contributed by atoms with Gasteiger partial charge in [-0.05, 0) is 51.4 Å². The first-order valence-corrected chi connectivity index (χ1v) is 25.6. The minimum atomic E-state index is -0.540. The molecule has 57 heavy (non-hydrogen) atoms. The topological polar surface area (TPSA) is 55.8 Å². The van der Waals surface area contributed by atoms with Crippen molar-refractivity contribution in [2.24, 2.45) is 0 Å². The largest absolute Gasteiger partial charge is 0.457 e. The van der Waals surface area contributed by atoms with Gasteiger partial charge in [-0.25, -0.2) is 0 Å². The summed E-state index contributed by atoms with van der Waals surface area (Å²) >= 11 is 0. The molecule has 0 spiro atoms. The first-order valence-electron chi connectivity index (χ1n) is 25.6. The molecule has 0 bridgehead atoms. The van der Waals surface area contributed by atoms with Crippen LogP contribution >= 0.6 is 0 Å². The molecular formula is C53H100O4. The van der Waals surface area contributed by atoms with Crippen molar-refractivity contribution in [3.05, 3.63) is 36.5 Å². The van der Waals surface area contributed by atoms with Crippen molar-refractivity contribution >= 4 is 5.97 Å². The van der Waals surface area contributed by atoms with E-state index in [0.29, 0.717) is 19.6 Å². The van der Waals surface area contributed by atoms with Crippen molar-refractivity contribution in [2.75, 3.05) is 19.8 Å². The van der Waals surface area contributed by atoms with Gasteiger partial charge in [-0.15, -0.1) is 0 Å². The zero-order valence-electron chi connectivity index (χ0n) is 38.6. The summed E-state index contributed by atoms with van der Waals surface area (Å²) in [6, 6.07) is 0. The third-order valence-corrected chi connectivity index (χ3v) is 11.5. The van der Waals surface area contributed by atoms with Gasteiger partial charge >= 0.3 is 5.97 Å². The van der Waals surface area contributed by atoms with Crippen molar-refractivity contribution in [3.8, 4) is 0 Å². The van der Waals surface area contributed by atoms with E-state index in [1.165, 1.54) is 205 Å². The molecule has 0 heterocycles. The number of rotatable bonds is 48. The quantitative estimate of drug-likeness (QED) is 0.0378. The van der Waals surface area contributed by atoms with Crippen LogP contribution in [0.1, 0.15) is 271 Å². The highest BCUT2D eigenvalue weighted by molar-refractivity contribution is 5.69. The SMILES string of the molecule is CCCCC/C=C\C/C=C\C/C=C\CCCCCCCCC(=O)OC(CO)COCCCCCCCCCCCCCCCCCCCCCCCCCCCC.